The van der Waals surface area contributed by atoms with Gasteiger partial charge in [0.2, 0.25) is 5.91 Å². The fourth-order valence-corrected chi connectivity index (χ4v) is 4.39. The van der Waals surface area contributed by atoms with Crippen molar-refractivity contribution in [2.75, 3.05) is 46.5 Å². The van der Waals surface area contributed by atoms with Gasteiger partial charge in [0, 0.05) is 26.8 Å². The van der Waals surface area contributed by atoms with E-state index in [4.69, 9.17) is 9.47 Å². The van der Waals surface area contributed by atoms with Gasteiger partial charge in [0.05, 0.1) is 12.7 Å². The summed E-state index contributed by atoms with van der Waals surface area (Å²) in [5, 5.41) is 0. The van der Waals surface area contributed by atoms with E-state index in [9.17, 15) is 4.79 Å². The number of likely N-dealkylation sites (tertiary alicyclic amines) is 1. The van der Waals surface area contributed by atoms with Crippen LogP contribution in [0.3, 0.4) is 0 Å². The second-order valence-electron chi connectivity index (χ2n) is 6.96. The van der Waals surface area contributed by atoms with E-state index < -0.39 is 0 Å². The molecule has 2 heterocycles. The lowest BCUT2D eigenvalue weighted by Crippen LogP contribution is -2.60. The summed E-state index contributed by atoms with van der Waals surface area (Å²) in [6.45, 7) is 5.04. The van der Waals surface area contributed by atoms with Crippen LogP contribution in [-0.4, -0.2) is 73.9 Å². The molecule has 0 bridgehead atoms. The largest absolute Gasteiger partial charge is 0.385 e. The quantitative estimate of drug-likeness (QED) is 0.774. The minimum atomic E-state index is -0.195. The van der Waals surface area contributed by atoms with E-state index in [1.807, 2.05) is 0 Å². The number of methoxy groups -OCH3 is 1. The van der Waals surface area contributed by atoms with E-state index in [0.717, 1.165) is 45.4 Å². The molecule has 126 valence electrons. The average Bonchev–Trinajstić information content (AvgIpc) is 3.24. The first kappa shape index (κ1) is 16.2. The molecule has 3 aliphatic rings. The van der Waals surface area contributed by atoms with Gasteiger partial charge < -0.3 is 14.4 Å². The zero-order valence-corrected chi connectivity index (χ0v) is 13.9. The number of morpholine rings is 1. The number of ether oxygens (including phenoxy) is 2. The first-order valence-corrected chi connectivity index (χ1v) is 8.91. The number of hydrogen-bond donors (Lipinski definition) is 0. The fraction of sp³-hybridized carbons (Fsp3) is 0.941. The van der Waals surface area contributed by atoms with Gasteiger partial charge in [-0.1, -0.05) is 12.8 Å². The van der Waals surface area contributed by atoms with Crippen LogP contribution < -0.4 is 0 Å². The minimum Gasteiger partial charge on any atom is -0.385 e. The van der Waals surface area contributed by atoms with Gasteiger partial charge in [0.1, 0.15) is 5.54 Å². The Morgan fingerprint density at radius 2 is 1.91 bits per heavy atom. The molecule has 1 saturated carbocycles. The molecule has 0 aromatic heterocycles. The van der Waals surface area contributed by atoms with Crippen molar-refractivity contribution < 1.29 is 14.3 Å². The van der Waals surface area contributed by atoms with Gasteiger partial charge in [-0.2, -0.15) is 0 Å². The van der Waals surface area contributed by atoms with Crippen molar-refractivity contribution >= 4 is 5.91 Å². The topological polar surface area (TPSA) is 42.0 Å². The highest BCUT2D eigenvalue weighted by molar-refractivity contribution is 5.87. The molecule has 2 saturated heterocycles. The van der Waals surface area contributed by atoms with Crippen LogP contribution >= 0.6 is 0 Å². The molecule has 0 radical (unpaired) electrons. The third kappa shape index (κ3) is 3.17. The van der Waals surface area contributed by atoms with Gasteiger partial charge in [0.25, 0.3) is 0 Å². The lowest BCUT2D eigenvalue weighted by Gasteiger charge is -2.43. The maximum Gasteiger partial charge on any atom is 0.243 e. The molecule has 0 spiro atoms. The van der Waals surface area contributed by atoms with Crippen LogP contribution in [0, 0.1) is 0 Å². The van der Waals surface area contributed by atoms with Crippen molar-refractivity contribution in [1.82, 2.24) is 9.80 Å². The summed E-state index contributed by atoms with van der Waals surface area (Å²) in [5.74, 6) is 0.373. The number of carbonyl (C=O) groups excluding carboxylic acids is 1. The third-order valence-corrected chi connectivity index (χ3v) is 5.61. The van der Waals surface area contributed by atoms with E-state index in [0.29, 0.717) is 19.1 Å². The van der Waals surface area contributed by atoms with Crippen molar-refractivity contribution in [2.45, 2.75) is 56.6 Å². The maximum absolute atomic E-state index is 13.3. The van der Waals surface area contributed by atoms with Crippen LogP contribution in [0.15, 0.2) is 0 Å². The molecule has 5 heteroatoms. The lowest BCUT2D eigenvalue weighted by atomic mass is 9.92. The molecular weight excluding hydrogens is 280 g/mol. The van der Waals surface area contributed by atoms with Crippen LogP contribution in [0.4, 0.5) is 0 Å². The van der Waals surface area contributed by atoms with Crippen molar-refractivity contribution in [3.05, 3.63) is 0 Å². The number of carbonyl (C=O) groups is 1. The van der Waals surface area contributed by atoms with E-state index >= 15 is 0 Å². The third-order valence-electron chi connectivity index (χ3n) is 5.61. The standard InChI is InChI=1S/C17H30N2O3/c1-21-12-6-15-14-18(11-13-22-15)16(20)17(7-2-3-8-17)19-9-4-5-10-19/h15H,2-14H2,1H3/t15-/m1/s1. The normalized spacial score (nSPS) is 29.1. The Morgan fingerprint density at radius 3 is 2.59 bits per heavy atom. The fourth-order valence-electron chi connectivity index (χ4n) is 4.39. The van der Waals surface area contributed by atoms with Gasteiger partial charge in [0.15, 0.2) is 0 Å². The Kier molecular flexibility index (Phi) is 5.37. The molecule has 5 nitrogen and oxygen atoms in total. The first-order chi connectivity index (χ1) is 10.8. The van der Waals surface area contributed by atoms with E-state index in [1.54, 1.807) is 7.11 Å². The number of nitrogens with zero attached hydrogens (tertiary/aromatic N) is 2. The summed E-state index contributed by atoms with van der Waals surface area (Å²) in [6.07, 6.45) is 7.98. The van der Waals surface area contributed by atoms with Gasteiger partial charge in [-0.15, -0.1) is 0 Å². The zero-order chi connectivity index (χ0) is 15.4. The van der Waals surface area contributed by atoms with E-state index in [-0.39, 0.29) is 11.6 Å². The summed E-state index contributed by atoms with van der Waals surface area (Å²) in [7, 11) is 1.71. The second-order valence-corrected chi connectivity index (χ2v) is 6.96. The molecule has 1 amide bonds. The highest BCUT2D eigenvalue weighted by Gasteiger charge is 2.49. The Bertz CT molecular complexity index is 376. The molecule has 1 atom stereocenters. The molecule has 0 aromatic carbocycles. The predicted molar refractivity (Wildman–Crippen MR) is 84.8 cm³/mol. The molecule has 2 aliphatic heterocycles. The molecule has 0 aromatic rings. The van der Waals surface area contributed by atoms with Crippen molar-refractivity contribution in [3.63, 3.8) is 0 Å². The molecule has 22 heavy (non-hydrogen) atoms. The molecule has 1 aliphatic carbocycles. The van der Waals surface area contributed by atoms with Crippen LogP contribution in [0.25, 0.3) is 0 Å². The average molecular weight is 310 g/mol. The van der Waals surface area contributed by atoms with Crippen molar-refractivity contribution in [2.24, 2.45) is 0 Å². The highest BCUT2D eigenvalue weighted by atomic mass is 16.5. The van der Waals surface area contributed by atoms with Crippen LogP contribution in [-0.2, 0) is 14.3 Å². The molecular formula is C17H30N2O3. The van der Waals surface area contributed by atoms with E-state index in [1.165, 1.54) is 25.7 Å². The summed E-state index contributed by atoms with van der Waals surface area (Å²) in [5.41, 5.74) is -0.195. The molecule has 3 rings (SSSR count). The molecule has 0 N–H and O–H groups in total. The van der Waals surface area contributed by atoms with Gasteiger partial charge in [-0.25, -0.2) is 0 Å². The van der Waals surface area contributed by atoms with E-state index in [2.05, 4.69) is 9.80 Å². The zero-order valence-electron chi connectivity index (χ0n) is 13.9. The van der Waals surface area contributed by atoms with Crippen LogP contribution in [0.2, 0.25) is 0 Å². The summed E-state index contributed by atoms with van der Waals surface area (Å²) in [6, 6.07) is 0. The second kappa shape index (κ2) is 7.28. The highest BCUT2D eigenvalue weighted by Crippen LogP contribution is 2.39. The Labute approximate surface area is 133 Å². The van der Waals surface area contributed by atoms with Crippen LogP contribution in [0.5, 0.6) is 0 Å². The Balaban J connectivity index is 1.67. The van der Waals surface area contributed by atoms with Crippen molar-refractivity contribution in [3.8, 4) is 0 Å². The number of amides is 1. The van der Waals surface area contributed by atoms with Gasteiger partial charge in [-0.3, -0.25) is 9.69 Å². The predicted octanol–water partition coefficient (Wildman–Crippen LogP) is 1.66. The van der Waals surface area contributed by atoms with Gasteiger partial charge in [-0.05, 0) is 45.2 Å². The summed E-state index contributed by atoms with van der Waals surface area (Å²) < 4.78 is 10.9. The number of rotatable bonds is 5. The van der Waals surface area contributed by atoms with Gasteiger partial charge >= 0.3 is 0 Å². The van der Waals surface area contributed by atoms with Crippen molar-refractivity contribution in [1.29, 1.82) is 0 Å². The van der Waals surface area contributed by atoms with Crippen LogP contribution in [0.1, 0.15) is 44.9 Å². The molecule has 3 fully saturated rings. The Morgan fingerprint density at radius 1 is 1.18 bits per heavy atom. The smallest absolute Gasteiger partial charge is 0.243 e. The number of hydrogen-bond acceptors (Lipinski definition) is 4. The minimum absolute atomic E-state index is 0.134. The lowest BCUT2D eigenvalue weighted by molar-refractivity contribution is -0.152. The Hall–Kier alpha value is -0.650. The maximum atomic E-state index is 13.3. The molecule has 0 unspecified atom stereocenters. The first-order valence-electron chi connectivity index (χ1n) is 8.91. The summed E-state index contributed by atoms with van der Waals surface area (Å²) >= 11 is 0. The monoisotopic (exact) mass is 310 g/mol. The summed E-state index contributed by atoms with van der Waals surface area (Å²) in [4.78, 5) is 17.9. The SMILES string of the molecule is COCC[C@@H]1CN(C(=O)C2(N3CCCC3)CCCC2)CCO1.